The minimum Gasteiger partial charge on any atom is -0.456 e. The molecule has 0 aromatic heterocycles. The summed E-state index contributed by atoms with van der Waals surface area (Å²) in [6, 6.07) is 21.1. The fourth-order valence-corrected chi connectivity index (χ4v) is 5.00. The van der Waals surface area contributed by atoms with Crippen molar-refractivity contribution in [3.63, 3.8) is 0 Å². The molecule has 8 nitrogen and oxygen atoms in total. The van der Waals surface area contributed by atoms with Gasteiger partial charge in [-0.15, -0.1) is 0 Å². The lowest BCUT2D eigenvalue weighted by Crippen LogP contribution is -2.50. The van der Waals surface area contributed by atoms with Gasteiger partial charge in [0.15, 0.2) is 0 Å². The molecule has 3 aromatic rings. The Morgan fingerprint density at radius 1 is 0.750 bits per heavy atom. The standard InChI is InChI=1S/C36H45N3O5/c1-25-13-14-26(17-18-38-19-21-39(22-20-38)34(42)44-36(5,6)7)23-30(25)32(40)37-31-24-28(27-11-9-8-10-12-27)15-16-29(31)33(41)43-35(2,3)4/h8-16,23-24H,17-22H2,1-7H3,(H,37,40). The number of nitrogens with zero attached hydrogens (tertiary/aromatic N) is 2. The van der Waals surface area contributed by atoms with Gasteiger partial charge >= 0.3 is 12.1 Å². The maximum absolute atomic E-state index is 13.7. The monoisotopic (exact) mass is 599 g/mol. The van der Waals surface area contributed by atoms with E-state index in [4.69, 9.17) is 9.47 Å². The Hall–Kier alpha value is -4.17. The van der Waals surface area contributed by atoms with Gasteiger partial charge in [-0.2, -0.15) is 0 Å². The third-order valence-corrected chi connectivity index (χ3v) is 7.28. The highest BCUT2D eigenvalue weighted by Crippen LogP contribution is 2.28. The number of aryl methyl sites for hydroxylation is 1. The third-order valence-electron chi connectivity index (χ3n) is 7.28. The zero-order valence-corrected chi connectivity index (χ0v) is 27.0. The largest absolute Gasteiger partial charge is 0.456 e. The molecule has 8 heteroatoms. The van der Waals surface area contributed by atoms with E-state index in [1.54, 1.807) is 11.0 Å². The molecule has 0 spiro atoms. The highest BCUT2D eigenvalue weighted by atomic mass is 16.6. The number of esters is 1. The van der Waals surface area contributed by atoms with Crippen LogP contribution in [0.3, 0.4) is 0 Å². The molecule has 1 heterocycles. The van der Waals surface area contributed by atoms with E-state index in [1.165, 1.54) is 0 Å². The van der Waals surface area contributed by atoms with E-state index >= 15 is 0 Å². The summed E-state index contributed by atoms with van der Waals surface area (Å²) in [5, 5.41) is 3.01. The Kier molecular flexibility index (Phi) is 10.1. The number of hydrogen-bond acceptors (Lipinski definition) is 6. The number of piperazine rings is 1. The van der Waals surface area contributed by atoms with E-state index in [2.05, 4.69) is 10.2 Å². The molecule has 0 bridgehead atoms. The van der Waals surface area contributed by atoms with Crippen molar-refractivity contribution in [3.05, 3.63) is 89.0 Å². The quantitative estimate of drug-likeness (QED) is 0.295. The molecular formula is C36H45N3O5. The van der Waals surface area contributed by atoms with Gasteiger partial charge in [0, 0.05) is 38.3 Å². The summed E-state index contributed by atoms with van der Waals surface area (Å²) < 4.78 is 11.2. The molecule has 2 amide bonds. The molecule has 1 aliphatic rings. The van der Waals surface area contributed by atoms with Crippen LogP contribution in [0.25, 0.3) is 11.1 Å². The van der Waals surface area contributed by atoms with Gasteiger partial charge in [-0.25, -0.2) is 9.59 Å². The number of rotatable bonds is 7. The fraction of sp³-hybridized carbons (Fsp3) is 0.417. The molecule has 1 aliphatic heterocycles. The number of carbonyl (C=O) groups excluding carboxylic acids is 3. The van der Waals surface area contributed by atoms with Crippen molar-refractivity contribution in [1.29, 1.82) is 0 Å². The predicted octanol–water partition coefficient (Wildman–Crippen LogP) is 6.96. The van der Waals surface area contributed by atoms with Crippen molar-refractivity contribution >= 4 is 23.7 Å². The lowest BCUT2D eigenvalue weighted by molar-refractivity contribution is 0.00692. The second-order valence-corrected chi connectivity index (χ2v) is 13.3. The predicted molar refractivity (Wildman–Crippen MR) is 174 cm³/mol. The van der Waals surface area contributed by atoms with Gasteiger partial charge in [0.2, 0.25) is 0 Å². The molecule has 1 N–H and O–H groups in total. The Balaban J connectivity index is 1.46. The molecule has 4 rings (SSSR count). The molecule has 234 valence electrons. The first-order chi connectivity index (χ1) is 20.7. The van der Waals surface area contributed by atoms with Crippen LogP contribution in [0.5, 0.6) is 0 Å². The molecular weight excluding hydrogens is 554 g/mol. The maximum Gasteiger partial charge on any atom is 0.410 e. The minimum atomic E-state index is -0.677. The highest BCUT2D eigenvalue weighted by Gasteiger charge is 2.26. The van der Waals surface area contributed by atoms with E-state index in [9.17, 15) is 14.4 Å². The lowest BCUT2D eigenvalue weighted by atomic mass is 10.00. The van der Waals surface area contributed by atoms with Crippen LogP contribution in [0.4, 0.5) is 10.5 Å². The topological polar surface area (TPSA) is 88.2 Å². The van der Waals surface area contributed by atoms with Crippen LogP contribution in [0.15, 0.2) is 66.7 Å². The molecule has 1 fully saturated rings. The van der Waals surface area contributed by atoms with E-state index in [0.29, 0.717) is 29.9 Å². The highest BCUT2D eigenvalue weighted by molar-refractivity contribution is 6.09. The van der Waals surface area contributed by atoms with E-state index < -0.39 is 17.2 Å². The van der Waals surface area contributed by atoms with Gasteiger partial charge in [-0.3, -0.25) is 9.69 Å². The van der Waals surface area contributed by atoms with Crippen molar-refractivity contribution in [2.45, 2.75) is 66.1 Å². The molecule has 0 aliphatic carbocycles. The number of amides is 2. The fourth-order valence-electron chi connectivity index (χ4n) is 5.00. The number of hydrogen-bond donors (Lipinski definition) is 1. The molecule has 44 heavy (non-hydrogen) atoms. The number of nitrogens with one attached hydrogen (secondary N) is 1. The van der Waals surface area contributed by atoms with Crippen LogP contribution in [-0.2, 0) is 15.9 Å². The number of benzene rings is 3. The Morgan fingerprint density at radius 3 is 2.05 bits per heavy atom. The van der Waals surface area contributed by atoms with Gasteiger partial charge in [0.25, 0.3) is 5.91 Å². The maximum atomic E-state index is 13.7. The first-order valence-corrected chi connectivity index (χ1v) is 15.2. The Morgan fingerprint density at radius 2 is 1.41 bits per heavy atom. The first kappa shape index (κ1) is 32.7. The summed E-state index contributed by atoms with van der Waals surface area (Å²) >= 11 is 0. The zero-order valence-electron chi connectivity index (χ0n) is 27.0. The summed E-state index contributed by atoms with van der Waals surface area (Å²) in [6.45, 7) is 16.6. The summed E-state index contributed by atoms with van der Waals surface area (Å²) in [5.41, 5.74) is 3.81. The summed E-state index contributed by atoms with van der Waals surface area (Å²) in [7, 11) is 0. The summed E-state index contributed by atoms with van der Waals surface area (Å²) in [5.74, 6) is -0.782. The van der Waals surface area contributed by atoms with Crippen molar-refractivity contribution < 1.29 is 23.9 Å². The third kappa shape index (κ3) is 9.16. The van der Waals surface area contributed by atoms with Crippen LogP contribution in [0.2, 0.25) is 0 Å². The Bertz CT molecular complexity index is 1480. The molecule has 1 saturated heterocycles. The van der Waals surface area contributed by atoms with Crippen LogP contribution >= 0.6 is 0 Å². The molecule has 3 aromatic carbocycles. The lowest BCUT2D eigenvalue weighted by Gasteiger charge is -2.35. The van der Waals surface area contributed by atoms with E-state index in [0.717, 1.165) is 48.3 Å². The van der Waals surface area contributed by atoms with Crippen LogP contribution in [0, 0.1) is 6.92 Å². The second-order valence-electron chi connectivity index (χ2n) is 13.3. The van der Waals surface area contributed by atoms with Crippen molar-refractivity contribution in [3.8, 4) is 11.1 Å². The first-order valence-electron chi connectivity index (χ1n) is 15.2. The van der Waals surface area contributed by atoms with Gasteiger partial charge in [-0.1, -0.05) is 48.5 Å². The second kappa shape index (κ2) is 13.6. The van der Waals surface area contributed by atoms with Gasteiger partial charge in [-0.05, 0) is 95.3 Å². The average molecular weight is 600 g/mol. The SMILES string of the molecule is Cc1ccc(CCN2CCN(C(=O)OC(C)(C)C)CC2)cc1C(=O)Nc1cc(-c2ccccc2)ccc1C(=O)OC(C)(C)C. The average Bonchev–Trinajstić information content (AvgIpc) is 2.95. The Labute approximate surface area is 261 Å². The van der Waals surface area contributed by atoms with E-state index in [1.807, 2.05) is 109 Å². The number of ether oxygens (including phenoxy) is 2. The summed E-state index contributed by atoms with van der Waals surface area (Å²) in [6.07, 6.45) is 0.495. The van der Waals surface area contributed by atoms with Crippen LogP contribution in [0.1, 0.15) is 73.4 Å². The van der Waals surface area contributed by atoms with Gasteiger partial charge in [0.05, 0.1) is 11.3 Å². The van der Waals surface area contributed by atoms with Gasteiger partial charge < -0.3 is 19.7 Å². The molecule has 0 saturated carbocycles. The molecule has 0 atom stereocenters. The van der Waals surface area contributed by atoms with Crippen LogP contribution < -0.4 is 5.32 Å². The normalized spacial score (nSPS) is 14.2. The summed E-state index contributed by atoms with van der Waals surface area (Å²) in [4.78, 5) is 43.3. The number of carbonyl (C=O) groups is 3. The van der Waals surface area contributed by atoms with Crippen molar-refractivity contribution in [2.24, 2.45) is 0 Å². The van der Waals surface area contributed by atoms with Crippen LogP contribution in [-0.4, -0.2) is 71.7 Å². The molecule has 0 radical (unpaired) electrons. The minimum absolute atomic E-state index is 0.268. The van der Waals surface area contributed by atoms with Gasteiger partial charge in [0.1, 0.15) is 11.2 Å². The van der Waals surface area contributed by atoms with Crippen molar-refractivity contribution in [1.82, 2.24) is 9.80 Å². The molecule has 0 unspecified atom stereocenters. The van der Waals surface area contributed by atoms with E-state index in [-0.39, 0.29) is 12.0 Å². The smallest absolute Gasteiger partial charge is 0.410 e. The number of anilines is 1. The zero-order chi connectivity index (χ0) is 32.1. The van der Waals surface area contributed by atoms with Crippen molar-refractivity contribution in [2.75, 3.05) is 38.0 Å².